The summed E-state index contributed by atoms with van der Waals surface area (Å²) in [7, 11) is 0. The summed E-state index contributed by atoms with van der Waals surface area (Å²) in [6, 6.07) is 31.4. The Morgan fingerprint density at radius 3 is 2.42 bits per heavy atom. The van der Waals surface area contributed by atoms with E-state index in [1.807, 2.05) is 68.4 Å². The Bertz CT molecular complexity index is 2930. The quantitative estimate of drug-likeness (QED) is 0.112. The van der Waals surface area contributed by atoms with Gasteiger partial charge >= 0.3 is 140 Å². The third kappa shape index (κ3) is 9.25. The number of nitrogens with zero attached hydrogens (tertiary/aromatic N) is 2. The van der Waals surface area contributed by atoms with Gasteiger partial charge in [0.2, 0.25) is 0 Å². The number of aryl methyl sites for hydroxylation is 2. The van der Waals surface area contributed by atoms with Gasteiger partial charge in [-0.2, -0.15) is 0 Å². The molecular weight excluding hydrogens is 933 g/mol. The van der Waals surface area contributed by atoms with Crippen molar-refractivity contribution >= 4 is 39.6 Å². The maximum absolute atomic E-state index is 9.18. The minimum absolute atomic E-state index is 0. The zero-order valence-corrected chi connectivity index (χ0v) is 37.7. The van der Waals surface area contributed by atoms with Crippen molar-refractivity contribution in [2.45, 2.75) is 89.7 Å². The number of fused-ring (bicyclic) bond motifs is 6. The molecule has 57 heavy (non-hydrogen) atoms. The van der Waals surface area contributed by atoms with E-state index in [9.17, 15) is 2.74 Å². The molecule has 1 atom stereocenters. The normalized spacial score (nSPS) is 21.5. The van der Waals surface area contributed by atoms with E-state index >= 15 is 0 Å². The first-order chi connectivity index (χ1) is 31.4. The molecule has 3 aliphatic rings. The number of furan rings is 1. The van der Waals surface area contributed by atoms with Crippen molar-refractivity contribution in [1.29, 1.82) is 0 Å². The third-order valence-corrected chi connectivity index (χ3v) is 15.5. The van der Waals surface area contributed by atoms with Crippen LogP contribution in [0.4, 0.5) is 0 Å². The van der Waals surface area contributed by atoms with E-state index in [-0.39, 0.29) is 49.1 Å². The number of benzene rings is 4. The number of pyridine rings is 2. The average molecular weight is 1000 g/mol. The molecule has 0 saturated heterocycles. The van der Waals surface area contributed by atoms with Gasteiger partial charge in [0, 0.05) is 38.5 Å². The van der Waals surface area contributed by atoms with Crippen molar-refractivity contribution in [2.24, 2.45) is 23.7 Å². The van der Waals surface area contributed by atoms with Gasteiger partial charge in [-0.1, -0.05) is 84.7 Å². The van der Waals surface area contributed by atoms with Crippen molar-refractivity contribution in [2.75, 3.05) is 0 Å². The minimum Gasteiger partial charge on any atom is 0 e. The van der Waals surface area contributed by atoms with Crippen LogP contribution in [0.5, 0.6) is 0 Å². The Labute approximate surface area is 372 Å². The van der Waals surface area contributed by atoms with Crippen LogP contribution in [0, 0.1) is 49.5 Å². The van der Waals surface area contributed by atoms with Crippen LogP contribution in [0.1, 0.15) is 83.3 Å². The second kappa shape index (κ2) is 17.6. The Morgan fingerprint density at radius 2 is 1.72 bits per heavy atom. The van der Waals surface area contributed by atoms with E-state index in [4.69, 9.17) is 16.8 Å². The van der Waals surface area contributed by atoms with E-state index in [2.05, 4.69) is 39.4 Å². The van der Waals surface area contributed by atoms with Crippen LogP contribution >= 0.6 is 0 Å². The molecule has 3 aromatic heterocycles. The van der Waals surface area contributed by atoms with Crippen LogP contribution in [0.15, 0.2) is 108 Å². The Hall–Kier alpha value is -3.83. The zero-order chi connectivity index (χ0) is 48.4. The summed E-state index contributed by atoms with van der Waals surface area (Å²) in [6.45, 7) is -0.934. The molecule has 0 aliphatic heterocycles. The second-order valence-electron chi connectivity index (χ2n) is 16.7. The maximum Gasteiger partial charge on any atom is 0 e. The predicted molar refractivity (Wildman–Crippen MR) is 238 cm³/mol. The van der Waals surface area contributed by atoms with Crippen molar-refractivity contribution < 1.29 is 39.6 Å². The van der Waals surface area contributed by atoms with Gasteiger partial charge in [-0.15, -0.1) is 17.7 Å². The molecule has 2 bridgehead atoms. The number of hydrogen-bond donors (Lipinski definition) is 0. The fourth-order valence-corrected chi connectivity index (χ4v) is 11.3. The van der Waals surface area contributed by atoms with Crippen LogP contribution in [0.2, 0.25) is 17.3 Å². The molecule has 3 heterocycles. The van der Waals surface area contributed by atoms with Gasteiger partial charge in [0.15, 0.2) is 0 Å². The predicted octanol–water partition coefficient (Wildman–Crippen LogP) is 13.4. The van der Waals surface area contributed by atoms with E-state index in [0.29, 0.717) is 62.0 Å². The summed E-state index contributed by atoms with van der Waals surface area (Å²) >= 11 is -2.38. The Morgan fingerprint density at radius 1 is 0.895 bits per heavy atom. The van der Waals surface area contributed by atoms with Crippen molar-refractivity contribution in [3.63, 3.8) is 0 Å². The van der Waals surface area contributed by atoms with Crippen LogP contribution in [0.25, 0.3) is 55.6 Å². The van der Waals surface area contributed by atoms with Crippen LogP contribution < -0.4 is 4.40 Å². The largest absolute Gasteiger partial charge is 0 e. The topological polar surface area (TPSA) is 38.9 Å². The van der Waals surface area contributed by atoms with E-state index in [1.165, 1.54) is 31.0 Å². The molecule has 3 nitrogen and oxygen atoms in total. The molecule has 1 radical (unpaired) electrons. The van der Waals surface area contributed by atoms with Gasteiger partial charge in [0.25, 0.3) is 0 Å². The van der Waals surface area contributed by atoms with Gasteiger partial charge in [-0.3, -0.25) is 0 Å². The van der Waals surface area contributed by atoms with E-state index in [1.54, 1.807) is 24.5 Å². The van der Waals surface area contributed by atoms with Gasteiger partial charge in [-0.05, 0) is 72.3 Å². The molecule has 3 aliphatic carbocycles. The van der Waals surface area contributed by atoms with Crippen molar-refractivity contribution in [1.82, 2.24) is 9.97 Å². The molecule has 1 unspecified atom stereocenters. The fourth-order valence-electron chi connectivity index (χ4n) is 8.40. The van der Waals surface area contributed by atoms with Crippen LogP contribution in [0.3, 0.4) is 0 Å². The van der Waals surface area contributed by atoms with Gasteiger partial charge in [-0.25, -0.2) is 0 Å². The molecule has 5 heteroatoms. The molecule has 3 fully saturated rings. The van der Waals surface area contributed by atoms with Crippen molar-refractivity contribution in [3.05, 3.63) is 138 Å². The number of hydrogen-bond acceptors (Lipinski definition) is 3. The molecular formula is C52H56GeIrN2O-2. The van der Waals surface area contributed by atoms with Gasteiger partial charge < -0.3 is 9.40 Å². The molecule has 7 aromatic rings. The SMILES string of the molecule is [2H]C([2H])([2H])c1c[c-]c(-c2cc(C([2H])([2H])C3CC4CCC3CC4)ccn2)c2oc3cc(-c4ccccc4)ccc3c12.[2H]c1cc(C([2H])([2H])[2H])c[c-]c1-c1cc(C([2H])([2H])C(C)C)[c]([Ge]([CH3])([CH3])[CH3])cn1.[Ir]. The summed E-state index contributed by atoms with van der Waals surface area (Å²) in [5, 5.41) is 1.25. The second-order valence-corrected chi connectivity index (χ2v) is 27.3. The fraction of sp³-hybridized carbons (Fsp3) is 0.346. The molecule has 4 aromatic carbocycles. The molecule has 295 valence electrons. The molecule has 0 amide bonds. The van der Waals surface area contributed by atoms with Crippen molar-refractivity contribution in [3.8, 4) is 33.6 Å². The maximum atomic E-state index is 9.18. The zero-order valence-electron chi connectivity index (χ0n) is 44.2. The summed E-state index contributed by atoms with van der Waals surface area (Å²) < 4.78 is 98.2. The monoisotopic (exact) mass is 1000 g/mol. The summed E-state index contributed by atoms with van der Waals surface area (Å²) in [6.07, 6.45) is 6.01. The minimum atomic E-state index is -2.38. The molecule has 0 N–H and O–H groups in total. The number of aromatic nitrogens is 2. The summed E-state index contributed by atoms with van der Waals surface area (Å²) in [5.41, 5.74) is 6.42. The third-order valence-electron chi connectivity index (χ3n) is 11.2. The Kier molecular flexibility index (Phi) is 9.06. The summed E-state index contributed by atoms with van der Waals surface area (Å²) in [5.74, 6) is 7.43. The van der Waals surface area contributed by atoms with Crippen LogP contribution in [-0.4, -0.2) is 23.2 Å². The smallest absolute Gasteiger partial charge is 0 e. The first kappa shape index (κ1) is 29.4. The standard InChI is InChI=1S/C33H30NO.C19H26GeN.Ir/c1-21-7-13-28(30-19-23(15-16-34-30)18-27-17-22-8-10-25(27)11-9-22)33-32(21)29-14-12-26(20-31(29)35-33)24-5-3-2-4-6-24;1-14(2)11-17-12-19(16-9-7-15(3)8-10-16)21-13-18(17)20(4,5)6;/h2-7,12,14-16,19-20,22,25,27H,8-11,17-18H2,1H3;7-9,12-14H,11H2,1-6H3;/q2*-1;/i1D3,18D2;3D3,9D,11D2;. The van der Waals surface area contributed by atoms with Gasteiger partial charge in [0.1, 0.15) is 5.58 Å². The van der Waals surface area contributed by atoms with Gasteiger partial charge in [0.05, 0.1) is 5.58 Å². The first-order valence-electron chi connectivity index (χ1n) is 25.3. The van der Waals surface area contributed by atoms with Crippen LogP contribution in [-0.2, 0) is 32.9 Å². The molecule has 10 rings (SSSR count). The Balaban J connectivity index is 0.000000215. The van der Waals surface area contributed by atoms with E-state index < -0.39 is 39.7 Å². The molecule has 0 spiro atoms. The number of rotatable bonds is 8. The first-order valence-corrected chi connectivity index (χ1v) is 27.2. The average Bonchev–Trinajstić information content (AvgIpc) is 3.67. The molecule has 3 saturated carbocycles. The van der Waals surface area contributed by atoms with E-state index in [0.717, 1.165) is 40.2 Å². The summed E-state index contributed by atoms with van der Waals surface area (Å²) in [4.78, 5) is 9.08.